The van der Waals surface area contributed by atoms with Crippen molar-refractivity contribution in [2.75, 3.05) is 43.4 Å². The van der Waals surface area contributed by atoms with Gasteiger partial charge >= 0.3 is 11.9 Å². The van der Waals surface area contributed by atoms with E-state index in [0.29, 0.717) is 16.4 Å². The van der Waals surface area contributed by atoms with Crippen LogP contribution >= 0.6 is 65.8 Å². The van der Waals surface area contributed by atoms with Crippen molar-refractivity contribution < 1.29 is 97.5 Å². The minimum Gasteiger partial charge on any atom is -0.508 e. The predicted octanol–water partition coefficient (Wildman–Crippen LogP) is -5.93. The molecule has 40 nitrogen and oxygen atoms in total. The fourth-order valence-corrected chi connectivity index (χ4v) is 16.9. The van der Waals surface area contributed by atoms with Crippen LogP contribution in [0.15, 0.2) is 42.5 Å². The molecule has 45 heteroatoms. The number of hydrogen-bond donors (Lipinski definition) is 24. The summed E-state index contributed by atoms with van der Waals surface area (Å²) in [6.07, 6.45) is -5.79. The quantitative estimate of drug-likeness (QED) is 0.0162. The molecule has 600 valence electrons. The molecule has 109 heavy (non-hydrogen) atoms. The number of carbonyl (C=O) groups excluding carboxylic acids is 13. The zero-order valence-electron chi connectivity index (χ0n) is 59.4. The smallest absolute Gasteiger partial charge is 0.326 e. The van der Waals surface area contributed by atoms with Crippen molar-refractivity contribution in [2.24, 2.45) is 22.9 Å². The zero-order chi connectivity index (χ0) is 81.0. The van der Waals surface area contributed by atoms with E-state index in [1.54, 1.807) is 22.6 Å². The number of guanidine groups is 2. The lowest BCUT2D eigenvalue weighted by Gasteiger charge is -2.35. The Kier molecular flexibility index (Phi) is 36.3. The van der Waals surface area contributed by atoms with Crippen LogP contribution in [-0.4, -0.2) is 258 Å². The second-order valence-electron chi connectivity index (χ2n) is 26.0. The van der Waals surface area contributed by atoms with Gasteiger partial charge in [0, 0.05) is 60.9 Å². The van der Waals surface area contributed by atoms with Gasteiger partial charge in [-0.1, -0.05) is 61.4 Å². The summed E-state index contributed by atoms with van der Waals surface area (Å²) in [6, 6.07) is -12.2. The van der Waals surface area contributed by atoms with E-state index in [2.05, 4.69) is 69.1 Å². The fraction of sp³-hybridized carbons (Fsp3) is 0.547. The molecule has 0 radical (unpaired) electrons. The molecule has 3 heterocycles. The Morgan fingerprint density at radius 2 is 1.22 bits per heavy atom. The summed E-state index contributed by atoms with van der Waals surface area (Å²) >= 11 is 1.80. The number of nitrogens with two attached hydrogens (primary N) is 4. The molecular formula is C64H93IN20O20S4. The van der Waals surface area contributed by atoms with Crippen LogP contribution < -0.4 is 92.1 Å². The number of carboxylic acids is 2. The highest BCUT2D eigenvalue weighted by molar-refractivity contribution is 14.1. The summed E-state index contributed by atoms with van der Waals surface area (Å²) in [4.78, 5) is 216. The van der Waals surface area contributed by atoms with E-state index in [-0.39, 0.29) is 78.8 Å². The van der Waals surface area contributed by atoms with E-state index in [0.717, 1.165) is 44.2 Å². The number of carbonyl (C=O) groups is 15. The average molecular weight is 1720 g/mol. The first-order chi connectivity index (χ1) is 51.4. The highest BCUT2D eigenvalue weighted by Crippen LogP contribution is 2.39. The van der Waals surface area contributed by atoms with Crippen LogP contribution in [0.5, 0.6) is 11.5 Å². The molecule has 0 spiro atoms. The molecule has 3 fully saturated rings. The Balaban J connectivity index is 1.81. The number of benzene rings is 2. The molecule has 0 saturated carbocycles. The summed E-state index contributed by atoms with van der Waals surface area (Å²) in [5.41, 5.74) is 23.0. The van der Waals surface area contributed by atoms with Crippen LogP contribution in [-0.2, 0) is 84.8 Å². The number of fused-ring (bicyclic) bond motifs is 9. The first-order valence-electron chi connectivity index (χ1n) is 34.1. The van der Waals surface area contributed by atoms with Gasteiger partial charge in [0.05, 0.1) is 22.6 Å². The van der Waals surface area contributed by atoms with Crippen LogP contribution in [0.1, 0.15) is 89.7 Å². The summed E-state index contributed by atoms with van der Waals surface area (Å²) in [7, 11) is 3.04. The number of phenols is 2. The van der Waals surface area contributed by atoms with E-state index in [1.807, 2.05) is 0 Å². The zero-order valence-corrected chi connectivity index (χ0v) is 64.8. The highest BCUT2D eigenvalue weighted by atomic mass is 127. The van der Waals surface area contributed by atoms with Gasteiger partial charge in [0.1, 0.15) is 84.0 Å². The average Bonchev–Trinajstić information content (AvgIpc) is 1.61. The monoisotopic (exact) mass is 1720 g/mol. The third-order valence-electron chi connectivity index (χ3n) is 16.9. The number of hydrogen-bond acceptors (Lipinski definition) is 25. The molecule has 13 amide bonds. The topological polar surface area (TPSA) is 669 Å². The van der Waals surface area contributed by atoms with Gasteiger partial charge in [-0.2, -0.15) is 0 Å². The van der Waals surface area contributed by atoms with Crippen molar-refractivity contribution in [1.29, 1.82) is 10.8 Å². The minimum absolute atomic E-state index is 0.0182. The maximum absolute atomic E-state index is 15.2. The third-order valence-corrected chi connectivity index (χ3v) is 23.5. The number of phenolic OH excluding ortho intramolecular Hbond substituents is 2. The molecule has 0 unspecified atom stereocenters. The molecule has 0 aliphatic carbocycles. The minimum atomic E-state index is -2.11. The maximum Gasteiger partial charge on any atom is 0.326 e. The summed E-state index contributed by atoms with van der Waals surface area (Å²) < 4.78 is -1.50. The number of carboxylic acid groups (broad SMARTS) is 2. The first kappa shape index (κ1) is 90.3. The standard InChI is InChI=1S/C64H93IN20O20S4/c1-29(86)48-58(101)79-38(24-47(91)92)60(103)85-20-6-9-43(85)57(100)77-35(8-5-19-73-63(70)71)51(94)81-41-27-107-106-26-40(74-46(90)25-66)56(99)84-49(59(102)83-48)64(2,3)109-108-28-42(55(98)80-39(61(104)105)22-30-10-13-32(87)14-11-30)82-52(95)36(15-17-45(67)89)76-53(96)37(23-31-12-16-44(88)33(65)21-31)78-50(93)34(75-54(41)97)7-4-18-72-62(68)69/h10-14,16,21,29,34-43,48-49,86-88H,4-9,15,17-20,22-28,66H2,1-3H3,(H2,67,89)(H,74,90)(H,75,97)(H,76,96)(H,77,100)(H,78,93)(H,79,101)(H,80,98)(H,81,94)(H,82,95)(H,83,102)(H,84,99)(H,91,92)(H,104,105)(H4,68,69,72)(H4,70,71,73)/t29-,34+,35+,36+,37+,38+,39+,40-,41+,42+,43+,48+,49-/m1/s1. The van der Waals surface area contributed by atoms with E-state index < -0.39 is 240 Å². The predicted molar refractivity (Wildman–Crippen MR) is 409 cm³/mol. The van der Waals surface area contributed by atoms with Gasteiger partial charge in [-0.25, -0.2) is 4.79 Å². The van der Waals surface area contributed by atoms with E-state index in [1.165, 1.54) is 56.3 Å². The van der Waals surface area contributed by atoms with Gasteiger partial charge in [-0.3, -0.25) is 77.9 Å². The molecule has 2 bridgehead atoms. The van der Waals surface area contributed by atoms with Crippen LogP contribution in [0.2, 0.25) is 0 Å². The van der Waals surface area contributed by atoms with Crippen molar-refractivity contribution in [3.8, 4) is 11.5 Å². The van der Waals surface area contributed by atoms with Crippen LogP contribution in [0.3, 0.4) is 0 Å². The molecule has 3 aliphatic rings. The van der Waals surface area contributed by atoms with Crippen molar-refractivity contribution in [3.05, 3.63) is 57.2 Å². The van der Waals surface area contributed by atoms with Crippen LogP contribution in [0.25, 0.3) is 0 Å². The molecule has 2 aromatic rings. The molecule has 13 atom stereocenters. The number of aliphatic hydroxyl groups is 1. The normalized spacial score (nSPS) is 24.6. The molecule has 2 aromatic carbocycles. The lowest BCUT2D eigenvalue weighted by atomic mass is 10.00. The number of nitrogens with zero attached hydrogens (tertiary/aromatic N) is 1. The Labute approximate surface area is 654 Å². The number of amides is 13. The number of nitrogens with one attached hydrogen (secondary N) is 15. The number of aliphatic carboxylic acids is 2. The second kappa shape index (κ2) is 43.8. The summed E-state index contributed by atoms with van der Waals surface area (Å²) in [5, 5.41) is 100. The lowest BCUT2D eigenvalue weighted by Crippen LogP contribution is -2.64. The Morgan fingerprint density at radius 3 is 1.81 bits per heavy atom. The molecule has 5 rings (SSSR count). The maximum atomic E-state index is 15.2. The van der Waals surface area contributed by atoms with Crippen LogP contribution in [0.4, 0.5) is 0 Å². The largest absolute Gasteiger partial charge is 0.508 e. The lowest BCUT2D eigenvalue weighted by molar-refractivity contribution is -0.146. The van der Waals surface area contributed by atoms with Crippen molar-refractivity contribution in [1.82, 2.24) is 74.0 Å². The number of primary amides is 1. The third kappa shape index (κ3) is 29.5. The molecule has 28 N–H and O–H groups in total. The summed E-state index contributed by atoms with van der Waals surface area (Å²) in [5.74, 6) is -20.8. The molecule has 0 aromatic heterocycles. The Bertz CT molecular complexity index is 3680. The second-order valence-corrected chi connectivity index (χ2v) is 32.7. The Morgan fingerprint density at radius 1 is 0.661 bits per heavy atom. The number of rotatable bonds is 23. The van der Waals surface area contributed by atoms with Gasteiger partial charge in [0.25, 0.3) is 0 Å². The molecule has 3 saturated heterocycles. The van der Waals surface area contributed by atoms with Crippen molar-refractivity contribution in [2.45, 2.75) is 175 Å². The Hall–Kier alpha value is -9.32. The molecule has 3 aliphatic heterocycles. The van der Waals surface area contributed by atoms with Gasteiger partial charge in [-0.05, 0) is 124 Å². The fourth-order valence-electron chi connectivity index (χ4n) is 11.2. The van der Waals surface area contributed by atoms with Gasteiger partial charge in [0.15, 0.2) is 11.9 Å². The number of aromatic hydroxyl groups is 2. The van der Waals surface area contributed by atoms with E-state index >= 15 is 19.2 Å². The van der Waals surface area contributed by atoms with Gasteiger partial charge < -0.3 is 122 Å². The van der Waals surface area contributed by atoms with E-state index in [4.69, 9.17) is 33.8 Å². The number of halogens is 1. The van der Waals surface area contributed by atoms with Gasteiger partial charge in [0.2, 0.25) is 76.8 Å². The number of aliphatic hydroxyl groups excluding tert-OH is 1. The SMILES string of the molecule is C[C@@H](O)[C@@H]1NC(=O)[C@H]2NC(=O)[C@H](NC(=O)CN)CSSC[C@H](NC(=O)[C@H](CCCNC(=N)N)NC(=O)[C@@H]3CCCN3C(=O)[C@H](CC(=O)O)NC1=O)C(=O)N[C@@H](CCCNC(=N)N)C(=O)N[C@@H](Cc1ccc(O)c(I)c1)C(=O)N[C@@H](CCC(N)=O)C(=O)N[C@H](C(=O)N[C@@H](Cc1ccc(O)cc1)C(=O)O)CSSC2(C)C. The van der Waals surface area contributed by atoms with Crippen molar-refractivity contribution >= 4 is 166 Å². The first-order valence-corrected chi connectivity index (χ1v) is 40.0. The molecular weight excluding hydrogens is 1620 g/mol. The van der Waals surface area contributed by atoms with E-state index in [9.17, 15) is 78.3 Å². The summed E-state index contributed by atoms with van der Waals surface area (Å²) in [6.45, 7) is 2.69. The van der Waals surface area contributed by atoms with Gasteiger partial charge in [-0.15, -0.1) is 0 Å². The highest BCUT2D eigenvalue weighted by Gasteiger charge is 2.45. The van der Waals surface area contributed by atoms with Crippen molar-refractivity contribution in [3.63, 3.8) is 0 Å². The van der Waals surface area contributed by atoms with Crippen LogP contribution in [0, 0.1) is 14.4 Å².